The van der Waals surface area contributed by atoms with E-state index in [4.69, 9.17) is 5.11 Å². The van der Waals surface area contributed by atoms with Crippen LogP contribution in [0.15, 0.2) is 0 Å². The van der Waals surface area contributed by atoms with E-state index in [2.05, 4.69) is 32.6 Å². The van der Waals surface area contributed by atoms with Gasteiger partial charge in [0.05, 0.1) is 0 Å². The number of hydrogen-bond acceptors (Lipinski definition) is 2. The molecule has 0 aromatic heterocycles. The Morgan fingerprint density at radius 2 is 1.65 bits per heavy atom. The molecule has 2 nitrogen and oxygen atoms in total. The summed E-state index contributed by atoms with van der Waals surface area (Å²) < 4.78 is 0. The summed E-state index contributed by atoms with van der Waals surface area (Å²) >= 11 is 0. The Bertz CT molecular complexity index is 201. The molecule has 1 rings (SSSR count). The average molecular weight is 241 g/mol. The number of rotatable bonds is 8. The molecular formula is C15H31NO. The fourth-order valence-electron chi connectivity index (χ4n) is 3.62. The first kappa shape index (κ1) is 15.0. The van der Waals surface area contributed by atoms with E-state index < -0.39 is 0 Å². The van der Waals surface area contributed by atoms with Crippen LogP contribution in [0, 0.1) is 11.3 Å². The van der Waals surface area contributed by atoms with Crippen molar-refractivity contribution in [1.29, 1.82) is 0 Å². The number of likely N-dealkylation sites (tertiary alicyclic amines) is 1. The maximum Gasteiger partial charge on any atom is 0.0446 e. The molecule has 1 N–H and O–H groups in total. The predicted octanol–water partition coefficient (Wildman–Crippen LogP) is 3.30. The molecule has 1 heterocycles. The van der Waals surface area contributed by atoms with Crippen LogP contribution in [0.25, 0.3) is 0 Å². The zero-order chi connectivity index (χ0) is 12.9. The van der Waals surface area contributed by atoms with Gasteiger partial charge in [0.15, 0.2) is 0 Å². The van der Waals surface area contributed by atoms with Crippen LogP contribution in [0.3, 0.4) is 0 Å². The molecule has 0 radical (unpaired) electrons. The van der Waals surface area contributed by atoms with Gasteiger partial charge in [-0.2, -0.15) is 0 Å². The van der Waals surface area contributed by atoms with E-state index in [0.717, 1.165) is 6.42 Å². The fraction of sp³-hybridized carbons (Fsp3) is 1.00. The zero-order valence-electron chi connectivity index (χ0n) is 12.2. The first-order chi connectivity index (χ1) is 8.08. The lowest BCUT2D eigenvalue weighted by atomic mass is 9.71. The molecular weight excluding hydrogens is 210 g/mol. The van der Waals surface area contributed by atoms with Crippen molar-refractivity contribution >= 4 is 0 Å². The van der Waals surface area contributed by atoms with Crippen molar-refractivity contribution < 1.29 is 5.11 Å². The van der Waals surface area contributed by atoms with Gasteiger partial charge in [-0.15, -0.1) is 0 Å². The minimum absolute atomic E-state index is 0.327. The highest BCUT2D eigenvalue weighted by atomic mass is 16.3. The van der Waals surface area contributed by atoms with Gasteiger partial charge in [-0.25, -0.2) is 0 Å². The summed E-state index contributed by atoms with van der Waals surface area (Å²) in [6, 6.07) is 0.585. The van der Waals surface area contributed by atoms with Crippen molar-refractivity contribution in [2.45, 2.75) is 65.8 Å². The van der Waals surface area contributed by atoms with Crippen molar-refractivity contribution in [1.82, 2.24) is 4.90 Å². The molecule has 1 aliphatic rings. The highest BCUT2D eigenvalue weighted by Crippen LogP contribution is 2.41. The Kier molecular flexibility index (Phi) is 5.94. The van der Waals surface area contributed by atoms with E-state index in [-0.39, 0.29) is 0 Å². The normalized spacial score (nSPS) is 21.5. The van der Waals surface area contributed by atoms with Gasteiger partial charge in [0, 0.05) is 25.7 Å². The molecule has 102 valence electrons. The summed E-state index contributed by atoms with van der Waals surface area (Å²) in [6.07, 6.45) is 6.30. The summed E-state index contributed by atoms with van der Waals surface area (Å²) in [4.78, 5) is 2.60. The minimum Gasteiger partial charge on any atom is -0.396 e. The van der Waals surface area contributed by atoms with Crippen LogP contribution in [0.5, 0.6) is 0 Å². The number of aliphatic hydroxyl groups excluding tert-OH is 1. The Morgan fingerprint density at radius 1 is 1.12 bits per heavy atom. The fourth-order valence-corrected chi connectivity index (χ4v) is 3.62. The molecule has 0 aromatic carbocycles. The van der Waals surface area contributed by atoms with Gasteiger partial charge in [0.1, 0.15) is 0 Å². The second-order valence-corrected chi connectivity index (χ2v) is 6.23. The number of nitrogens with zero attached hydrogens (tertiary/aromatic N) is 1. The molecule has 0 saturated carbocycles. The smallest absolute Gasteiger partial charge is 0.0446 e. The molecule has 0 aliphatic carbocycles. The predicted molar refractivity (Wildman–Crippen MR) is 74.2 cm³/mol. The van der Waals surface area contributed by atoms with Crippen LogP contribution >= 0.6 is 0 Å². The Labute approximate surface area is 107 Å². The summed E-state index contributed by atoms with van der Waals surface area (Å²) in [5, 5.41) is 9.16. The topological polar surface area (TPSA) is 23.5 Å². The Hall–Kier alpha value is -0.0800. The molecule has 0 aromatic rings. The highest BCUT2D eigenvalue weighted by molar-refractivity contribution is 4.97. The third-order valence-corrected chi connectivity index (χ3v) is 4.30. The van der Waals surface area contributed by atoms with Crippen molar-refractivity contribution in [2.24, 2.45) is 11.3 Å². The third kappa shape index (κ3) is 3.69. The zero-order valence-corrected chi connectivity index (χ0v) is 12.2. The van der Waals surface area contributed by atoms with Crippen molar-refractivity contribution in [3.63, 3.8) is 0 Å². The van der Waals surface area contributed by atoms with Crippen LogP contribution in [0.4, 0.5) is 0 Å². The van der Waals surface area contributed by atoms with Gasteiger partial charge in [0.25, 0.3) is 0 Å². The van der Waals surface area contributed by atoms with E-state index in [0.29, 0.717) is 24.0 Å². The number of aliphatic hydroxyl groups is 1. The van der Waals surface area contributed by atoms with E-state index >= 15 is 0 Å². The van der Waals surface area contributed by atoms with Gasteiger partial charge in [0.2, 0.25) is 0 Å². The second-order valence-electron chi connectivity index (χ2n) is 6.23. The second kappa shape index (κ2) is 6.75. The first-order valence-corrected chi connectivity index (χ1v) is 7.43. The van der Waals surface area contributed by atoms with E-state index in [1.54, 1.807) is 0 Å². The SMILES string of the molecule is CCCC1(CCC)CN(C(CCO)C(C)C)C1. The molecule has 0 amide bonds. The lowest BCUT2D eigenvalue weighted by molar-refractivity contribution is -0.0610. The maximum absolute atomic E-state index is 9.16. The largest absolute Gasteiger partial charge is 0.396 e. The van der Waals surface area contributed by atoms with Crippen molar-refractivity contribution in [3.05, 3.63) is 0 Å². The van der Waals surface area contributed by atoms with E-state index in [9.17, 15) is 0 Å². The molecule has 1 aliphatic heterocycles. The van der Waals surface area contributed by atoms with Crippen LogP contribution < -0.4 is 0 Å². The maximum atomic E-state index is 9.16. The molecule has 0 spiro atoms. The standard InChI is InChI=1S/C15H31NO/c1-5-8-15(9-6-2)11-16(12-15)14(7-10-17)13(3)4/h13-14,17H,5-12H2,1-4H3. The van der Waals surface area contributed by atoms with E-state index in [1.165, 1.54) is 38.8 Å². The summed E-state index contributed by atoms with van der Waals surface area (Å²) in [7, 11) is 0. The van der Waals surface area contributed by atoms with Crippen LogP contribution in [-0.2, 0) is 0 Å². The molecule has 1 unspecified atom stereocenters. The van der Waals surface area contributed by atoms with Gasteiger partial charge in [-0.05, 0) is 30.6 Å². The molecule has 1 saturated heterocycles. The first-order valence-electron chi connectivity index (χ1n) is 7.43. The van der Waals surface area contributed by atoms with Crippen molar-refractivity contribution in [3.8, 4) is 0 Å². The minimum atomic E-state index is 0.327. The quantitative estimate of drug-likeness (QED) is 0.705. The third-order valence-electron chi connectivity index (χ3n) is 4.30. The molecule has 2 heteroatoms. The molecule has 1 atom stereocenters. The average Bonchev–Trinajstić information content (AvgIpc) is 2.22. The number of hydrogen-bond donors (Lipinski definition) is 1. The van der Waals surface area contributed by atoms with Crippen molar-refractivity contribution in [2.75, 3.05) is 19.7 Å². The van der Waals surface area contributed by atoms with Crippen LogP contribution in [0.2, 0.25) is 0 Å². The van der Waals surface area contributed by atoms with Gasteiger partial charge >= 0.3 is 0 Å². The monoisotopic (exact) mass is 241 g/mol. The Balaban J connectivity index is 2.50. The molecule has 0 bridgehead atoms. The van der Waals surface area contributed by atoms with Crippen LogP contribution in [0.1, 0.15) is 59.8 Å². The highest BCUT2D eigenvalue weighted by Gasteiger charge is 2.44. The lowest BCUT2D eigenvalue weighted by Gasteiger charge is -2.55. The van der Waals surface area contributed by atoms with Gasteiger partial charge < -0.3 is 5.11 Å². The van der Waals surface area contributed by atoms with Crippen LogP contribution in [-0.4, -0.2) is 35.7 Å². The summed E-state index contributed by atoms with van der Waals surface area (Å²) in [5.74, 6) is 0.656. The van der Waals surface area contributed by atoms with Gasteiger partial charge in [-0.3, -0.25) is 4.90 Å². The molecule has 17 heavy (non-hydrogen) atoms. The Morgan fingerprint density at radius 3 is 2.00 bits per heavy atom. The molecule has 1 fully saturated rings. The lowest BCUT2D eigenvalue weighted by Crippen LogP contribution is -2.61. The van der Waals surface area contributed by atoms with Gasteiger partial charge in [-0.1, -0.05) is 40.5 Å². The summed E-state index contributed by atoms with van der Waals surface area (Å²) in [5.41, 5.74) is 0.603. The van der Waals surface area contributed by atoms with E-state index in [1.807, 2.05) is 0 Å². The summed E-state index contributed by atoms with van der Waals surface area (Å²) in [6.45, 7) is 12.0.